The molecule has 1 aliphatic rings. The summed E-state index contributed by atoms with van der Waals surface area (Å²) in [4.78, 5) is 0. The Kier molecular flexibility index (Phi) is 3.45. The summed E-state index contributed by atoms with van der Waals surface area (Å²) in [5.41, 5.74) is 6.12. The van der Waals surface area contributed by atoms with Gasteiger partial charge in [0.2, 0.25) is 0 Å². The molecule has 0 fully saturated rings. The topological polar surface area (TPSA) is 49.9 Å². The summed E-state index contributed by atoms with van der Waals surface area (Å²) in [5.74, 6) is 0.490. The number of benzene rings is 2. The van der Waals surface area contributed by atoms with Crippen LogP contribution in [0.4, 0.5) is 24.7 Å². The van der Waals surface area contributed by atoms with Crippen LogP contribution in [0.1, 0.15) is 16.7 Å². The first kappa shape index (κ1) is 15.6. The van der Waals surface area contributed by atoms with E-state index >= 15 is 0 Å². The van der Waals surface area contributed by atoms with Crippen molar-refractivity contribution in [3.8, 4) is 17.0 Å². The number of fused-ring (bicyclic) bond motifs is 3. The minimum Gasteiger partial charge on any atom is -0.406 e. The number of halogens is 3. The molecular formula is C18H14F3N3O. The zero-order chi connectivity index (χ0) is 17.6. The van der Waals surface area contributed by atoms with Gasteiger partial charge < -0.3 is 10.1 Å². The van der Waals surface area contributed by atoms with Crippen molar-refractivity contribution in [1.82, 2.24) is 10.2 Å². The summed E-state index contributed by atoms with van der Waals surface area (Å²) in [5, 5.41) is 10.5. The fourth-order valence-corrected chi connectivity index (χ4v) is 3.00. The lowest BCUT2D eigenvalue weighted by Gasteiger charge is -2.10. The molecule has 4 nitrogen and oxygen atoms in total. The zero-order valence-electron chi connectivity index (χ0n) is 13.2. The van der Waals surface area contributed by atoms with Crippen LogP contribution in [0.15, 0.2) is 42.5 Å². The maximum Gasteiger partial charge on any atom is 0.573 e. The number of aromatic amines is 1. The molecule has 0 amide bonds. The number of aromatic nitrogens is 2. The Balaban J connectivity index is 1.55. The highest BCUT2D eigenvalue weighted by Gasteiger charge is 2.31. The summed E-state index contributed by atoms with van der Waals surface area (Å²) in [6.07, 6.45) is -3.93. The first-order chi connectivity index (χ1) is 11.9. The molecule has 0 aliphatic heterocycles. The minimum atomic E-state index is -4.69. The summed E-state index contributed by atoms with van der Waals surface area (Å²) in [7, 11) is 0. The van der Waals surface area contributed by atoms with E-state index < -0.39 is 6.36 Å². The molecule has 7 heteroatoms. The summed E-state index contributed by atoms with van der Waals surface area (Å²) in [6.45, 7) is 2.04. The van der Waals surface area contributed by atoms with E-state index in [1.807, 2.05) is 6.92 Å². The van der Waals surface area contributed by atoms with Crippen molar-refractivity contribution in [3.05, 3.63) is 59.2 Å². The Morgan fingerprint density at radius 3 is 2.60 bits per heavy atom. The minimum absolute atomic E-state index is 0.254. The Morgan fingerprint density at radius 2 is 1.88 bits per heavy atom. The quantitative estimate of drug-likeness (QED) is 0.553. The number of rotatable bonds is 3. The van der Waals surface area contributed by atoms with Gasteiger partial charge in [0.15, 0.2) is 0 Å². The van der Waals surface area contributed by atoms with Gasteiger partial charge in [-0.3, -0.25) is 5.10 Å². The van der Waals surface area contributed by atoms with E-state index in [0.717, 1.165) is 29.1 Å². The fraction of sp³-hybridized carbons (Fsp3) is 0.167. The van der Waals surface area contributed by atoms with E-state index in [0.29, 0.717) is 5.69 Å². The molecule has 0 spiro atoms. The van der Waals surface area contributed by atoms with Crippen molar-refractivity contribution >= 4 is 11.5 Å². The van der Waals surface area contributed by atoms with E-state index in [-0.39, 0.29) is 5.75 Å². The smallest absolute Gasteiger partial charge is 0.406 e. The van der Waals surface area contributed by atoms with Gasteiger partial charge in [-0.1, -0.05) is 17.7 Å². The first-order valence-electron chi connectivity index (χ1n) is 7.69. The first-order valence-corrected chi connectivity index (χ1v) is 7.69. The van der Waals surface area contributed by atoms with Crippen LogP contribution >= 0.6 is 0 Å². The maximum absolute atomic E-state index is 12.2. The average Bonchev–Trinajstić information content (AvgIpc) is 3.08. The Morgan fingerprint density at radius 1 is 1.12 bits per heavy atom. The predicted octanol–water partition coefficient (Wildman–Crippen LogP) is 4.93. The van der Waals surface area contributed by atoms with Crippen molar-refractivity contribution in [3.63, 3.8) is 0 Å². The molecular weight excluding hydrogens is 331 g/mol. The average molecular weight is 345 g/mol. The van der Waals surface area contributed by atoms with Crippen LogP contribution in [0.2, 0.25) is 0 Å². The summed E-state index contributed by atoms with van der Waals surface area (Å²) in [6, 6.07) is 11.9. The molecule has 0 radical (unpaired) electrons. The monoisotopic (exact) mass is 345 g/mol. The fourth-order valence-electron chi connectivity index (χ4n) is 3.00. The number of hydrogen-bond donors (Lipinski definition) is 2. The molecule has 3 aromatic rings. The van der Waals surface area contributed by atoms with Crippen LogP contribution in [-0.4, -0.2) is 16.6 Å². The van der Waals surface area contributed by atoms with Crippen LogP contribution in [0.5, 0.6) is 5.75 Å². The van der Waals surface area contributed by atoms with Crippen molar-refractivity contribution in [1.29, 1.82) is 0 Å². The lowest BCUT2D eigenvalue weighted by molar-refractivity contribution is -0.274. The van der Waals surface area contributed by atoms with Gasteiger partial charge in [0.05, 0.1) is 5.69 Å². The third-order valence-electron chi connectivity index (χ3n) is 4.11. The van der Waals surface area contributed by atoms with Crippen LogP contribution in [-0.2, 0) is 6.42 Å². The third-order valence-corrected chi connectivity index (χ3v) is 4.11. The molecule has 0 unspecified atom stereocenters. The Hall–Kier alpha value is -2.96. The van der Waals surface area contributed by atoms with E-state index in [1.165, 1.54) is 35.4 Å². The Bertz CT molecular complexity index is 930. The van der Waals surface area contributed by atoms with E-state index in [1.54, 1.807) is 0 Å². The van der Waals surface area contributed by atoms with E-state index in [4.69, 9.17) is 0 Å². The van der Waals surface area contributed by atoms with Gasteiger partial charge in [-0.05, 0) is 42.8 Å². The molecule has 2 N–H and O–H groups in total. The maximum atomic E-state index is 12.2. The van der Waals surface area contributed by atoms with Crippen molar-refractivity contribution in [2.75, 3.05) is 5.32 Å². The molecule has 0 atom stereocenters. The van der Waals surface area contributed by atoms with Gasteiger partial charge >= 0.3 is 6.36 Å². The number of anilines is 2. The second kappa shape index (κ2) is 5.54. The van der Waals surface area contributed by atoms with Crippen LogP contribution < -0.4 is 10.1 Å². The molecule has 2 aromatic carbocycles. The van der Waals surface area contributed by atoms with Crippen LogP contribution in [0, 0.1) is 6.92 Å². The molecule has 128 valence electrons. The Labute approximate surface area is 141 Å². The summed E-state index contributed by atoms with van der Waals surface area (Å²) >= 11 is 0. The SMILES string of the molecule is Cc1ccc2c(c1)-c1n[nH]c(Nc3ccc(OC(F)(F)F)cc3)c1C2. The highest BCUT2D eigenvalue weighted by molar-refractivity contribution is 5.80. The number of ether oxygens (including phenoxy) is 1. The van der Waals surface area contributed by atoms with Crippen molar-refractivity contribution < 1.29 is 17.9 Å². The molecule has 0 bridgehead atoms. The number of alkyl halides is 3. The molecule has 1 heterocycles. The number of nitrogens with one attached hydrogen (secondary N) is 2. The number of H-pyrrole nitrogens is 1. The van der Waals surface area contributed by atoms with Gasteiger partial charge in [-0.25, -0.2) is 0 Å². The lowest BCUT2D eigenvalue weighted by Crippen LogP contribution is -2.16. The molecule has 1 aromatic heterocycles. The number of nitrogens with zero attached hydrogens (tertiary/aromatic N) is 1. The number of aryl methyl sites for hydroxylation is 1. The van der Waals surface area contributed by atoms with Crippen molar-refractivity contribution in [2.45, 2.75) is 19.7 Å². The second-order valence-electron chi connectivity index (χ2n) is 5.96. The van der Waals surface area contributed by atoms with Crippen LogP contribution in [0.3, 0.4) is 0 Å². The van der Waals surface area contributed by atoms with E-state index in [2.05, 4.69) is 38.5 Å². The normalized spacial score (nSPS) is 12.6. The summed E-state index contributed by atoms with van der Waals surface area (Å²) < 4.78 is 40.5. The van der Waals surface area contributed by atoms with Gasteiger partial charge in [-0.15, -0.1) is 13.2 Å². The number of hydrogen-bond acceptors (Lipinski definition) is 3. The standard InChI is InChI=1S/C18H14F3N3O/c1-10-2-3-11-9-15-16(14(11)8-10)23-24-17(15)22-12-4-6-13(7-5-12)25-18(19,20)21/h2-8H,9H2,1H3,(H2,22,23,24). The molecule has 25 heavy (non-hydrogen) atoms. The lowest BCUT2D eigenvalue weighted by atomic mass is 10.1. The van der Waals surface area contributed by atoms with E-state index in [9.17, 15) is 13.2 Å². The molecule has 1 aliphatic carbocycles. The zero-order valence-corrected chi connectivity index (χ0v) is 13.2. The highest BCUT2D eigenvalue weighted by atomic mass is 19.4. The largest absolute Gasteiger partial charge is 0.573 e. The molecule has 0 saturated heterocycles. The predicted molar refractivity (Wildman–Crippen MR) is 88.0 cm³/mol. The molecule has 0 saturated carbocycles. The van der Waals surface area contributed by atoms with Gasteiger partial charge in [0.25, 0.3) is 0 Å². The second-order valence-corrected chi connectivity index (χ2v) is 5.96. The highest BCUT2D eigenvalue weighted by Crippen LogP contribution is 2.39. The molecule has 4 rings (SSSR count). The van der Waals surface area contributed by atoms with Gasteiger partial charge in [-0.2, -0.15) is 5.10 Å². The van der Waals surface area contributed by atoms with Gasteiger partial charge in [0, 0.05) is 23.2 Å². The van der Waals surface area contributed by atoms with Crippen molar-refractivity contribution in [2.24, 2.45) is 0 Å². The third kappa shape index (κ3) is 3.05. The van der Waals surface area contributed by atoms with Crippen LogP contribution in [0.25, 0.3) is 11.3 Å². The van der Waals surface area contributed by atoms with Gasteiger partial charge in [0.1, 0.15) is 11.6 Å².